The first kappa shape index (κ1) is 14.1. The van der Waals surface area contributed by atoms with Gasteiger partial charge in [-0.1, -0.05) is 39.6 Å². The third-order valence-electron chi connectivity index (χ3n) is 2.57. The van der Waals surface area contributed by atoms with Gasteiger partial charge in [-0.15, -0.1) is 0 Å². The molecule has 0 unspecified atom stereocenters. The Morgan fingerprint density at radius 2 is 2.26 bits per heavy atom. The Morgan fingerprint density at radius 1 is 1.53 bits per heavy atom. The molecule has 0 aliphatic carbocycles. The molecular formula is C13H11BrClNO3. The van der Waals surface area contributed by atoms with Crippen molar-refractivity contribution in [2.75, 3.05) is 0 Å². The molecule has 4 nitrogen and oxygen atoms in total. The zero-order valence-electron chi connectivity index (χ0n) is 10.4. The molecule has 0 fully saturated rings. The van der Waals surface area contributed by atoms with Gasteiger partial charge < -0.3 is 9.26 Å². The van der Waals surface area contributed by atoms with Gasteiger partial charge in [0.25, 0.3) is 0 Å². The molecule has 1 aromatic heterocycles. The van der Waals surface area contributed by atoms with Crippen LogP contribution < -0.4 is 4.74 Å². The van der Waals surface area contributed by atoms with E-state index in [2.05, 4.69) is 21.1 Å². The van der Waals surface area contributed by atoms with Gasteiger partial charge in [0, 0.05) is 4.47 Å². The molecule has 0 amide bonds. The number of esters is 1. The molecule has 1 aromatic carbocycles. The van der Waals surface area contributed by atoms with E-state index in [-0.39, 0.29) is 0 Å². The smallest absolute Gasteiger partial charge is 0.349 e. The number of nitrogens with zero attached hydrogens (tertiary/aromatic N) is 1. The molecule has 0 aliphatic rings. The second-order valence-corrected chi connectivity index (χ2v) is 5.20. The van der Waals surface area contributed by atoms with Crippen molar-refractivity contribution in [1.29, 1.82) is 0 Å². The van der Waals surface area contributed by atoms with E-state index < -0.39 is 5.97 Å². The molecule has 0 saturated carbocycles. The molecule has 19 heavy (non-hydrogen) atoms. The summed E-state index contributed by atoms with van der Waals surface area (Å²) in [5.41, 5.74) is 0.942. The Bertz CT molecular complexity index is 624. The summed E-state index contributed by atoms with van der Waals surface area (Å²) in [7, 11) is 0. The number of carbonyl (C=O) groups excluding carboxylic acids is 1. The van der Waals surface area contributed by atoms with Crippen LogP contribution in [0.15, 0.2) is 27.2 Å². The van der Waals surface area contributed by atoms with Crippen LogP contribution in [0.4, 0.5) is 0 Å². The lowest BCUT2D eigenvalue weighted by Crippen LogP contribution is -2.11. The van der Waals surface area contributed by atoms with Crippen LogP contribution in [0.1, 0.15) is 28.7 Å². The zero-order chi connectivity index (χ0) is 14.0. The summed E-state index contributed by atoms with van der Waals surface area (Å²) < 4.78 is 11.1. The maximum Gasteiger partial charge on any atom is 0.349 e. The Morgan fingerprint density at radius 3 is 2.89 bits per heavy atom. The Hall–Kier alpha value is -1.33. The van der Waals surface area contributed by atoms with Crippen LogP contribution >= 0.6 is 27.5 Å². The number of hydrogen-bond acceptors (Lipinski definition) is 4. The zero-order valence-corrected chi connectivity index (χ0v) is 12.7. The summed E-state index contributed by atoms with van der Waals surface area (Å²) in [6, 6.07) is 5.03. The molecule has 0 saturated heterocycles. The Balaban J connectivity index is 2.28. The highest BCUT2D eigenvalue weighted by atomic mass is 79.9. The van der Waals surface area contributed by atoms with Crippen molar-refractivity contribution in [3.8, 4) is 5.75 Å². The van der Waals surface area contributed by atoms with Crippen molar-refractivity contribution in [1.82, 2.24) is 5.16 Å². The summed E-state index contributed by atoms with van der Waals surface area (Å²) in [4.78, 5) is 12.1. The minimum absolute atomic E-state index is 0.303. The van der Waals surface area contributed by atoms with Crippen molar-refractivity contribution in [3.05, 3.63) is 44.7 Å². The highest BCUT2D eigenvalue weighted by Gasteiger charge is 2.21. The van der Waals surface area contributed by atoms with E-state index in [1.165, 1.54) is 0 Å². The van der Waals surface area contributed by atoms with Gasteiger partial charge in [0.1, 0.15) is 17.1 Å². The van der Waals surface area contributed by atoms with Crippen LogP contribution in [0, 0.1) is 6.92 Å². The van der Waals surface area contributed by atoms with Crippen molar-refractivity contribution in [2.24, 2.45) is 0 Å². The highest BCUT2D eigenvalue weighted by Crippen LogP contribution is 2.29. The largest absolute Gasteiger partial charge is 0.421 e. The first-order valence-electron chi connectivity index (χ1n) is 5.65. The molecule has 0 atom stereocenters. The fourth-order valence-corrected chi connectivity index (χ4v) is 2.34. The summed E-state index contributed by atoms with van der Waals surface area (Å²) in [6.07, 6.45) is 0.593. The minimum Gasteiger partial charge on any atom is -0.421 e. The lowest BCUT2D eigenvalue weighted by atomic mass is 10.1. The van der Waals surface area contributed by atoms with Gasteiger partial charge in [-0.25, -0.2) is 4.79 Å². The molecule has 0 N–H and O–H groups in total. The maximum atomic E-state index is 12.1. The fraction of sp³-hybridized carbons (Fsp3) is 0.231. The molecule has 100 valence electrons. The fourth-order valence-electron chi connectivity index (χ4n) is 1.63. The molecule has 2 rings (SSSR count). The maximum absolute atomic E-state index is 12.1. The standard InChI is InChI=1S/C13H11BrClNO3/c1-3-10-12(7(2)19-16-10)13(17)18-11-5-4-8(14)6-9(11)15/h4-6H,3H2,1-2H3. The van der Waals surface area contributed by atoms with Crippen LogP contribution in [0.5, 0.6) is 5.75 Å². The van der Waals surface area contributed by atoms with Crippen molar-refractivity contribution in [3.63, 3.8) is 0 Å². The predicted octanol–water partition coefficient (Wildman–Crippen LogP) is 4.18. The van der Waals surface area contributed by atoms with Crippen LogP contribution in [0.25, 0.3) is 0 Å². The molecule has 2 aromatic rings. The number of hydrogen-bond donors (Lipinski definition) is 0. The van der Waals surface area contributed by atoms with E-state index >= 15 is 0 Å². The third-order valence-corrected chi connectivity index (χ3v) is 3.36. The van der Waals surface area contributed by atoms with Gasteiger partial charge in [0.2, 0.25) is 0 Å². The number of rotatable bonds is 3. The average molecular weight is 345 g/mol. The Kier molecular flexibility index (Phi) is 4.27. The van der Waals surface area contributed by atoms with Crippen LogP contribution in [0.2, 0.25) is 5.02 Å². The molecule has 6 heteroatoms. The van der Waals surface area contributed by atoms with E-state index in [0.717, 1.165) is 4.47 Å². The molecule has 0 radical (unpaired) electrons. The van der Waals surface area contributed by atoms with Crippen LogP contribution in [-0.2, 0) is 6.42 Å². The lowest BCUT2D eigenvalue weighted by molar-refractivity contribution is 0.0732. The van der Waals surface area contributed by atoms with Gasteiger partial charge in [0.15, 0.2) is 0 Å². The van der Waals surface area contributed by atoms with Gasteiger partial charge in [0.05, 0.1) is 10.7 Å². The second-order valence-electron chi connectivity index (χ2n) is 3.88. The third kappa shape index (κ3) is 2.98. The normalized spacial score (nSPS) is 10.5. The van der Waals surface area contributed by atoms with Gasteiger partial charge in [-0.2, -0.15) is 0 Å². The van der Waals surface area contributed by atoms with E-state index in [9.17, 15) is 4.79 Å². The van der Waals surface area contributed by atoms with Crippen LogP contribution in [-0.4, -0.2) is 11.1 Å². The first-order valence-corrected chi connectivity index (χ1v) is 6.82. The number of halogens is 2. The summed E-state index contributed by atoms with van der Waals surface area (Å²) >= 11 is 9.29. The molecule has 0 spiro atoms. The Labute approximate surface area is 123 Å². The van der Waals surface area contributed by atoms with E-state index in [1.54, 1.807) is 25.1 Å². The summed E-state index contributed by atoms with van der Waals surface area (Å²) in [5.74, 6) is 0.229. The monoisotopic (exact) mass is 343 g/mol. The van der Waals surface area contributed by atoms with E-state index in [4.69, 9.17) is 20.9 Å². The number of ether oxygens (including phenoxy) is 1. The molecule has 0 aliphatic heterocycles. The first-order chi connectivity index (χ1) is 9.02. The van der Waals surface area contributed by atoms with Gasteiger partial charge in [-0.3, -0.25) is 0 Å². The topological polar surface area (TPSA) is 52.3 Å². The highest BCUT2D eigenvalue weighted by molar-refractivity contribution is 9.10. The van der Waals surface area contributed by atoms with Crippen molar-refractivity contribution in [2.45, 2.75) is 20.3 Å². The number of aromatic nitrogens is 1. The van der Waals surface area contributed by atoms with Crippen molar-refractivity contribution < 1.29 is 14.1 Å². The second kappa shape index (κ2) is 5.75. The van der Waals surface area contributed by atoms with E-state index in [0.29, 0.717) is 34.2 Å². The van der Waals surface area contributed by atoms with E-state index in [1.807, 2.05) is 6.92 Å². The van der Waals surface area contributed by atoms with Crippen LogP contribution in [0.3, 0.4) is 0 Å². The lowest BCUT2D eigenvalue weighted by Gasteiger charge is -2.06. The average Bonchev–Trinajstić information content (AvgIpc) is 2.74. The predicted molar refractivity (Wildman–Crippen MR) is 74.7 cm³/mol. The molecule has 0 bridgehead atoms. The number of aryl methyl sites for hydroxylation is 2. The SMILES string of the molecule is CCc1noc(C)c1C(=O)Oc1ccc(Br)cc1Cl. The molecule has 1 heterocycles. The minimum atomic E-state index is -0.514. The number of benzene rings is 1. The number of carbonyl (C=O) groups is 1. The van der Waals surface area contributed by atoms with Gasteiger partial charge >= 0.3 is 5.97 Å². The quantitative estimate of drug-likeness (QED) is 0.619. The van der Waals surface area contributed by atoms with Crippen molar-refractivity contribution >= 4 is 33.5 Å². The summed E-state index contributed by atoms with van der Waals surface area (Å²) in [6.45, 7) is 3.56. The summed E-state index contributed by atoms with van der Waals surface area (Å²) in [5, 5.41) is 4.17. The molecular weight excluding hydrogens is 334 g/mol. The van der Waals surface area contributed by atoms with Gasteiger partial charge in [-0.05, 0) is 31.5 Å².